The maximum absolute atomic E-state index is 11.7. The molecule has 0 aliphatic carbocycles. The highest BCUT2D eigenvalue weighted by Crippen LogP contribution is 2.21. The van der Waals surface area contributed by atoms with Crippen molar-refractivity contribution in [2.75, 3.05) is 19.7 Å². The van der Waals surface area contributed by atoms with Crippen LogP contribution < -0.4 is 0 Å². The molecule has 1 saturated heterocycles. The van der Waals surface area contributed by atoms with Gasteiger partial charge in [0, 0.05) is 25.2 Å². The Hall–Kier alpha value is -1.61. The Labute approximate surface area is 114 Å². The van der Waals surface area contributed by atoms with E-state index in [0.717, 1.165) is 31.6 Å². The van der Waals surface area contributed by atoms with Crippen molar-refractivity contribution >= 4 is 5.97 Å². The molecule has 0 bridgehead atoms. The van der Waals surface area contributed by atoms with Crippen LogP contribution in [-0.2, 0) is 16.1 Å². The quantitative estimate of drug-likeness (QED) is 0.615. The number of carbonyl (C=O) groups is 1. The van der Waals surface area contributed by atoms with Gasteiger partial charge in [-0.15, -0.1) is 0 Å². The van der Waals surface area contributed by atoms with Gasteiger partial charge in [-0.25, -0.2) is 4.79 Å². The van der Waals surface area contributed by atoms with E-state index in [1.54, 1.807) is 0 Å². The summed E-state index contributed by atoms with van der Waals surface area (Å²) in [6.45, 7) is 6.99. The number of ether oxygens (including phenoxy) is 1. The van der Waals surface area contributed by atoms with Crippen LogP contribution in [-0.4, -0.2) is 30.6 Å². The first kappa shape index (κ1) is 13.8. The Kier molecular flexibility index (Phi) is 4.74. The van der Waals surface area contributed by atoms with E-state index in [1.165, 1.54) is 11.1 Å². The van der Waals surface area contributed by atoms with Gasteiger partial charge < -0.3 is 4.74 Å². The summed E-state index contributed by atoms with van der Waals surface area (Å²) < 4.78 is 5.05. The Morgan fingerprint density at radius 1 is 1.32 bits per heavy atom. The summed E-state index contributed by atoms with van der Waals surface area (Å²) in [5.41, 5.74) is 3.32. The molecule has 19 heavy (non-hydrogen) atoms. The lowest BCUT2D eigenvalue weighted by Gasteiger charge is -2.14. The Morgan fingerprint density at radius 2 is 2.05 bits per heavy atom. The largest absolute Gasteiger partial charge is 0.463 e. The van der Waals surface area contributed by atoms with Crippen LogP contribution in [0, 0.1) is 0 Å². The van der Waals surface area contributed by atoms with Crippen LogP contribution in [0.3, 0.4) is 0 Å². The van der Waals surface area contributed by atoms with Gasteiger partial charge >= 0.3 is 5.97 Å². The fraction of sp³-hybridized carbons (Fsp3) is 0.438. The maximum atomic E-state index is 11.7. The Bertz CT molecular complexity index is 465. The van der Waals surface area contributed by atoms with E-state index in [-0.39, 0.29) is 5.97 Å². The number of hydrogen-bond acceptors (Lipinski definition) is 3. The minimum atomic E-state index is -0.168. The molecule has 0 radical (unpaired) electrons. The average Bonchev–Trinajstić information content (AvgIpc) is 2.88. The number of benzene rings is 1. The highest BCUT2D eigenvalue weighted by atomic mass is 16.5. The summed E-state index contributed by atoms with van der Waals surface area (Å²) in [5, 5.41) is 0. The predicted molar refractivity (Wildman–Crippen MR) is 75.7 cm³/mol. The molecule has 1 aliphatic rings. The minimum Gasteiger partial charge on any atom is -0.463 e. The van der Waals surface area contributed by atoms with Crippen molar-refractivity contribution in [2.45, 2.75) is 26.8 Å². The highest BCUT2D eigenvalue weighted by Gasteiger charge is 2.21. The van der Waals surface area contributed by atoms with Crippen molar-refractivity contribution in [2.24, 2.45) is 0 Å². The van der Waals surface area contributed by atoms with E-state index in [4.69, 9.17) is 4.74 Å². The highest BCUT2D eigenvalue weighted by molar-refractivity contribution is 5.88. The predicted octanol–water partition coefficient (Wildman–Crippen LogP) is 2.77. The molecule has 3 heteroatoms. The first-order valence-electron chi connectivity index (χ1n) is 6.82. The van der Waals surface area contributed by atoms with Gasteiger partial charge in [-0.2, -0.15) is 0 Å². The lowest BCUT2D eigenvalue weighted by Crippen LogP contribution is -2.19. The van der Waals surface area contributed by atoms with Crippen LogP contribution in [0.25, 0.3) is 0 Å². The first-order chi connectivity index (χ1) is 9.20. The average molecular weight is 259 g/mol. The second-order valence-electron chi connectivity index (χ2n) is 4.90. The van der Waals surface area contributed by atoms with Crippen molar-refractivity contribution in [3.63, 3.8) is 0 Å². The lowest BCUT2D eigenvalue weighted by atomic mass is 10.1. The molecule has 0 aromatic heterocycles. The first-order valence-corrected chi connectivity index (χ1v) is 6.82. The second-order valence-corrected chi connectivity index (χ2v) is 4.90. The Morgan fingerprint density at radius 3 is 2.74 bits per heavy atom. The minimum absolute atomic E-state index is 0.168. The fourth-order valence-electron chi connectivity index (χ4n) is 2.39. The molecule has 0 spiro atoms. The van der Waals surface area contributed by atoms with Crippen molar-refractivity contribution in [1.82, 2.24) is 4.90 Å². The van der Waals surface area contributed by atoms with Gasteiger partial charge in [0.05, 0.1) is 6.61 Å². The molecule has 102 valence electrons. The van der Waals surface area contributed by atoms with Crippen LogP contribution in [0.5, 0.6) is 0 Å². The molecule has 0 atom stereocenters. The Balaban J connectivity index is 1.96. The van der Waals surface area contributed by atoms with E-state index in [2.05, 4.69) is 29.2 Å². The summed E-state index contributed by atoms with van der Waals surface area (Å²) in [5.74, 6) is -0.168. The molecule has 1 aromatic carbocycles. The summed E-state index contributed by atoms with van der Waals surface area (Å²) in [6, 6.07) is 10.4. The molecule has 2 rings (SSSR count). The van der Waals surface area contributed by atoms with Gasteiger partial charge in [0.2, 0.25) is 0 Å². The van der Waals surface area contributed by atoms with E-state index >= 15 is 0 Å². The molecule has 0 amide bonds. The molecular weight excluding hydrogens is 238 g/mol. The van der Waals surface area contributed by atoms with Gasteiger partial charge in [0.15, 0.2) is 0 Å². The molecule has 1 aromatic rings. The topological polar surface area (TPSA) is 29.5 Å². The SMILES string of the molecule is CCOC(=O)/C(C)=C1/CCN(Cc2ccccc2)C1. The zero-order chi connectivity index (χ0) is 13.7. The molecule has 1 fully saturated rings. The van der Waals surface area contributed by atoms with Crippen molar-refractivity contribution in [3.05, 3.63) is 47.0 Å². The van der Waals surface area contributed by atoms with Crippen molar-refractivity contribution < 1.29 is 9.53 Å². The van der Waals surface area contributed by atoms with Crippen LogP contribution in [0.1, 0.15) is 25.8 Å². The molecular formula is C16H21NO2. The normalized spacial score (nSPS) is 18.4. The number of rotatable bonds is 4. The number of nitrogens with zero attached hydrogens (tertiary/aromatic N) is 1. The summed E-state index contributed by atoms with van der Waals surface area (Å²) in [7, 11) is 0. The summed E-state index contributed by atoms with van der Waals surface area (Å²) in [6.07, 6.45) is 0.970. The van der Waals surface area contributed by atoms with Gasteiger partial charge in [-0.1, -0.05) is 30.3 Å². The molecule has 0 unspecified atom stereocenters. The van der Waals surface area contributed by atoms with E-state index in [0.29, 0.717) is 6.61 Å². The van der Waals surface area contributed by atoms with Crippen molar-refractivity contribution in [1.29, 1.82) is 0 Å². The van der Waals surface area contributed by atoms with Crippen LogP contribution in [0.4, 0.5) is 0 Å². The van der Waals surface area contributed by atoms with Crippen molar-refractivity contribution in [3.8, 4) is 0 Å². The van der Waals surface area contributed by atoms with E-state index in [9.17, 15) is 4.79 Å². The third-order valence-corrected chi connectivity index (χ3v) is 3.51. The number of carbonyl (C=O) groups excluding carboxylic acids is 1. The van der Waals surface area contributed by atoms with Crippen LogP contribution in [0.2, 0.25) is 0 Å². The second kappa shape index (κ2) is 6.53. The molecule has 3 nitrogen and oxygen atoms in total. The van der Waals surface area contributed by atoms with E-state index < -0.39 is 0 Å². The smallest absolute Gasteiger partial charge is 0.333 e. The van der Waals surface area contributed by atoms with Crippen LogP contribution in [0.15, 0.2) is 41.5 Å². The monoisotopic (exact) mass is 259 g/mol. The third kappa shape index (κ3) is 3.67. The zero-order valence-corrected chi connectivity index (χ0v) is 11.7. The number of esters is 1. The third-order valence-electron chi connectivity index (χ3n) is 3.51. The fourth-order valence-corrected chi connectivity index (χ4v) is 2.39. The summed E-state index contributed by atoms with van der Waals surface area (Å²) in [4.78, 5) is 14.1. The molecule has 1 aliphatic heterocycles. The maximum Gasteiger partial charge on any atom is 0.333 e. The van der Waals surface area contributed by atoms with Gasteiger partial charge in [0.1, 0.15) is 0 Å². The van der Waals surface area contributed by atoms with Gasteiger partial charge in [-0.05, 0) is 31.4 Å². The summed E-state index contributed by atoms with van der Waals surface area (Å²) >= 11 is 0. The molecule has 0 saturated carbocycles. The zero-order valence-electron chi connectivity index (χ0n) is 11.7. The lowest BCUT2D eigenvalue weighted by molar-refractivity contribution is -0.138. The standard InChI is InChI=1S/C16H21NO2/c1-3-19-16(18)13(2)15-9-10-17(12-15)11-14-7-5-4-6-8-14/h4-8H,3,9-12H2,1-2H3/b15-13-. The van der Waals surface area contributed by atoms with Crippen LogP contribution >= 0.6 is 0 Å². The number of hydrogen-bond donors (Lipinski definition) is 0. The van der Waals surface area contributed by atoms with E-state index in [1.807, 2.05) is 19.9 Å². The van der Waals surface area contributed by atoms with Gasteiger partial charge in [0.25, 0.3) is 0 Å². The molecule has 1 heterocycles. The van der Waals surface area contributed by atoms with Gasteiger partial charge in [-0.3, -0.25) is 4.90 Å². The molecule has 0 N–H and O–H groups in total. The number of likely N-dealkylation sites (tertiary alicyclic amines) is 1.